The van der Waals surface area contributed by atoms with E-state index in [0.29, 0.717) is 0 Å². The summed E-state index contributed by atoms with van der Waals surface area (Å²) in [6, 6.07) is 121. The van der Waals surface area contributed by atoms with E-state index in [0.717, 1.165) is 56.2 Å². The van der Waals surface area contributed by atoms with Crippen molar-refractivity contribution in [2.24, 2.45) is 0 Å². The van der Waals surface area contributed by atoms with Crippen LogP contribution in [-0.2, 0) is 0 Å². The Morgan fingerprint density at radius 1 is 0.256 bits per heavy atom. The topological polar surface area (TPSA) is 90.9 Å². The van der Waals surface area contributed by atoms with E-state index < -0.39 is 0 Å². The van der Waals surface area contributed by atoms with Gasteiger partial charge in [0.1, 0.15) is 5.58 Å². The molecule has 0 radical (unpaired) electrons. The van der Waals surface area contributed by atoms with Gasteiger partial charge in [-0.05, 0) is 190 Å². The largest absolute Gasteiger partial charge is 0.462 e. The van der Waals surface area contributed by atoms with Crippen molar-refractivity contribution in [3.05, 3.63) is 381 Å². The van der Waals surface area contributed by atoms with Crippen LogP contribution in [0.5, 0.6) is 0 Å². The maximum atomic E-state index is 6.46. The van der Waals surface area contributed by atoms with Gasteiger partial charge in [-0.2, -0.15) is 0 Å². The smallest absolute Gasteiger partial charge is 0.423 e. The highest BCUT2D eigenvalue weighted by Crippen LogP contribution is 2.59. The van der Waals surface area contributed by atoms with Gasteiger partial charge < -0.3 is 47.3 Å². The molecular weight excluding hydrogens is 1630 g/mol. The Labute approximate surface area is 739 Å². The van der Waals surface area contributed by atoms with Crippen LogP contribution < -0.4 is 60.3 Å². The van der Waals surface area contributed by atoms with Crippen LogP contribution in [0.2, 0.25) is 0 Å². The Bertz CT molecular complexity index is 7890. The lowest BCUT2D eigenvalue weighted by Gasteiger charge is -2.34. The lowest BCUT2D eigenvalue weighted by molar-refractivity contribution is 0.583. The number of fused-ring (bicyclic) bond motifs is 41. The summed E-state index contributed by atoms with van der Waals surface area (Å²) >= 11 is 9.04. The zero-order chi connectivity index (χ0) is 81.6. The number of aromatic nitrogens is 3. The third-order valence-electron chi connectivity index (χ3n) is 25.6. The Morgan fingerprint density at radius 2 is 0.656 bits per heavy atom. The van der Waals surface area contributed by atoms with Gasteiger partial charge in [0.25, 0.3) is 0 Å². The van der Waals surface area contributed by atoms with Crippen molar-refractivity contribution in [3.63, 3.8) is 0 Å². The first-order chi connectivity index (χ1) is 62.1. The van der Waals surface area contributed by atoms with Crippen molar-refractivity contribution in [2.45, 2.75) is 0 Å². The summed E-state index contributed by atoms with van der Waals surface area (Å²) in [5.74, 6) is 0.942. The summed E-state index contributed by atoms with van der Waals surface area (Å²) in [6.07, 6.45) is 7.51. The molecule has 0 saturated heterocycles. The van der Waals surface area contributed by atoms with Gasteiger partial charge in [0.15, 0.2) is 11.3 Å². The molecule has 584 valence electrons. The zero-order valence-corrected chi connectivity index (χ0v) is 70.5. The molecule has 0 saturated carbocycles. The van der Waals surface area contributed by atoms with Crippen LogP contribution in [0, 0.1) is 0 Å². The van der Waals surface area contributed by atoms with Crippen LogP contribution in [0.3, 0.4) is 0 Å². The van der Waals surface area contributed by atoms with E-state index >= 15 is 0 Å². The number of hydrogen-bond acceptors (Lipinski definition) is 18. The highest BCUT2D eigenvalue weighted by Gasteiger charge is 2.54. The minimum Gasteiger partial charge on any atom is -0.462 e. The molecule has 13 nitrogen and oxygen atoms in total. The summed E-state index contributed by atoms with van der Waals surface area (Å²) in [4.78, 5) is 37.8. The first kappa shape index (κ1) is 71.0. The van der Waals surface area contributed by atoms with E-state index in [1.165, 1.54) is 162 Å². The maximum absolute atomic E-state index is 6.46. The fourth-order valence-electron chi connectivity index (χ4n) is 20.6. The second-order valence-corrected chi connectivity index (χ2v) is 36.9. The second kappa shape index (κ2) is 28.0. The number of pyridine rings is 3. The first-order valence-corrected chi connectivity index (χ1v) is 46.1. The standard InChI is InChI=1S/C28H17BN2OS.C27H16BN3OS.C27H16BN3S2.C21H14BN3S/c1-3-9-22-20(8-1)28-25(15-16-32-28)31-24-11-5-4-10-23(24)30(29(22)31)18-13-14-27-21(17-18)19-7-2-6-12-26(19)33-27;1-4-13-24-17(7-1)18-8-5-12-22(26(18)32-24)30-20-10-2-3-11-21(20)31-23-14-16-33-27(23)25-19(28(30)31)9-6-15-29-25;1-4-13-24-17(7-1)18-8-5-12-22(26(18)33-24)30-20-10-2-3-11-21(20)31-23-14-16-32-27(23)25-19(28(30)31)9-6-15-29-25;1-2-7-15(8-3-1)24-17-10-4-5-11-18(17)25-19-12-14-26-21(19)20-16(22(24)25)9-6-13-23-20/h1-17H;2*1-16H;1-14H. The number of furan rings is 2. The van der Waals surface area contributed by atoms with Crippen molar-refractivity contribution >= 4 is 260 Å². The molecule has 0 bridgehead atoms. The van der Waals surface area contributed by atoms with Gasteiger partial charge >= 0.3 is 27.9 Å². The number of para-hydroxylation sites is 11. The molecule has 0 amide bonds. The molecule has 22 aromatic rings. The fourth-order valence-corrected chi connectivity index (χ4v) is 25.6. The molecule has 18 heterocycles. The fraction of sp³-hybridized carbons (Fsp3) is 0. The second-order valence-electron chi connectivity index (χ2n) is 32.0. The number of rotatable bonds is 4. The number of anilines is 16. The number of benzene rings is 12. The predicted molar refractivity (Wildman–Crippen MR) is 530 cm³/mol. The third kappa shape index (κ3) is 10.4. The first-order valence-electron chi connectivity index (χ1n) is 41.8. The summed E-state index contributed by atoms with van der Waals surface area (Å²) in [6.45, 7) is 0.114. The van der Waals surface area contributed by atoms with Gasteiger partial charge in [-0.15, -0.1) is 56.7 Å². The summed E-state index contributed by atoms with van der Waals surface area (Å²) in [5, 5.41) is 14.1. The average Bonchev–Trinajstić information content (AvgIpc) is 1.56. The van der Waals surface area contributed by atoms with Crippen LogP contribution in [0.1, 0.15) is 0 Å². The third-order valence-corrected chi connectivity index (χ3v) is 30.7. The molecule has 8 aliphatic heterocycles. The van der Waals surface area contributed by atoms with Gasteiger partial charge in [-0.25, -0.2) is 0 Å². The normalized spacial score (nSPS) is 13.9. The monoisotopic (exact) mass is 1690 g/mol. The van der Waals surface area contributed by atoms with E-state index in [9.17, 15) is 0 Å². The van der Waals surface area contributed by atoms with Crippen molar-refractivity contribution in [2.75, 3.05) is 38.5 Å². The molecule has 0 fully saturated rings. The summed E-state index contributed by atoms with van der Waals surface area (Å²) in [5.41, 5.74) is 30.5. The quantitative estimate of drug-likeness (QED) is 0.157. The highest BCUT2D eigenvalue weighted by atomic mass is 32.1. The molecule has 10 aromatic heterocycles. The van der Waals surface area contributed by atoms with Crippen LogP contribution in [0.25, 0.3) is 105 Å². The summed E-state index contributed by atoms with van der Waals surface area (Å²) in [7, 11) is 0. The van der Waals surface area contributed by atoms with Crippen molar-refractivity contribution < 1.29 is 8.83 Å². The Morgan fingerprint density at radius 3 is 1.23 bits per heavy atom. The van der Waals surface area contributed by atoms with Crippen molar-refractivity contribution in [1.82, 2.24) is 15.0 Å². The predicted octanol–water partition coefficient (Wildman–Crippen LogP) is 26.0. The van der Waals surface area contributed by atoms with E-state index in [4.69, 9.17) is 23.8 Å². The van der Waals surface area contributed by atoms with Gasteiger partial charge in [0, 0.05) is 87.6 Å². The van der Waals surface area contributed by atoms with Crippen LogP contribution in [0.15, 0.2) is 390 Å². The van der Waals surface area contributed by atoms with E-state index in [2.05, 4.69) is 370 Å². The minimum atomic E-state index is -0.0352. The van der Waals surface area contributed by atoms with Gasteiger partial charge in [-0.1, -0.05) is 188 Å². The lowest BCUT2D eigenvalue weighted by atomic mass is 9.60. The number of thiophene rings is 5. The Kier molecular flexibility index (Phi) is 15.9. The molecule has 0 N–H and O–H groups in total. The minimum absolute atomic E-state index is 0.0315. The molecule has 22 heteroatoms. The molecule has 0 aliphatic carbocycles. The van der Waals surface area contributed by atoms with Gasteiger partial charge in [-0.3, -0.25) is 15.0 Å². The van der Waals surface area contributed by atoms with Crippen LogP contribution in [-0.4, -0.2) is 42.9 Å². The van der Waals surface area contributed by atoms with E-state index in [1.807, 2.05) is 65.5 Å². The average molecular weight is 1690 g/mol. The van der Waals surface area contributed by atoms with Crippen LogP contribution in [0.4, 0.5) is 91.0 Å². The highest BCUT2D eigenvalue weighted by molar-refractivity contribution is 7.27. The molecule has 0 spiro atoms. The SMILES string of the molecule is c1ccc(N2B3c4cccnc4-c4sccc4N3c3ccccc32)cc1.c1ccc2c(c1)B1N(c3ccc4sc5ccccc5c4c3)c3ccccc3N1c1ccoc1-2.c1cnc2c(c1)B1N(c3ccccc3N1c1cccc3c1oc1ccccc13)c1ccsc1-2.c1cnc2c(c1)B1N(c3ccccc3N1c1cccc3c1sc1ccccc13)c1ccsc1-2. The van der Waals surface area contributed by atoms with Gasteiger partial charge in [0.05, 0.1) is 117 Å². The van der Waals surface area contributed by atoms with Crippen molar-refractivity contribution in [3.8, 4) is 43.0 Å². The van der Waals surface area contributed by atoms with Crippen molar-refractivity contribution in [1.29, 1.82) is 0 Å². The van der Waals surface area contributed by atoms with Crippen LogP contribution >= 0.6 is 56.7 Å². The maximum Gasteiger partial charge on any atom is 0.423 e. The lowest BCUT2D eigenvalue weighted by Crippen LogP contribution is -2.55. The Hall–Kier alpha value is -14.6. The van der Waals surface area contributed by atoms with E-state index in [1.54, 1.807) is 40.3 Å². The van der Waals surface area contributed by atoms with Gasteiger partial charge in [0.2, 0.25) is 0 Å². The number of nitrogens with zero attached hydrogens (tertiary/aromatic N) is 11. The number of hydrogen-bond donors (Lipinski definition) is 0. The molecule has 12 aromatic carbocycles. The molecule has 30 rings (SSSR count). The summed E-state index contributed by atoms with van der Waals surface area (Å²) < 4.78 is 17.8. The molecule has 0 unspecified atom stereocenters. The molecule has 0 atom stereocenters. The molecule has 125 heavy (non-hydrogen) atoms. The van der Waals surface area contributed by atoms with E-state index in [-0.39, 0.29) is 27.9 Å². The Balaban J connectivity index is 0.0000000872. The zero-order valence-electron chi connectivity index (χ0n) is 66.5. The molecular formula is C103H63B4N11O2S5. The molecule has 8 aliphatic rings.